The largest absolute Gasteiger partial charge is 0.489 e. The van der Waals surface area contributed by atoms with Gasteiger partial charge in [0.15, 0.2) is 6.61 Å². The fourth-order valence-electron chi connectivity index (χ4n) is 2.67. The number of hydrogen-bond donors (Lipinski definition) is 1. The van der Waals surface area contributed by atoms with Crippen LogP contribution in [0.3, 0.4) is 0 Å². The summed E-state index contributed by atoms with van der Waals surface area (Å²) in [5, 5.41) is 2.78. The molecule has 1 aliphatic carbocycles. The molecule has 0 saturated heterocycles. The van der Waals surface area contributed by atoms with E-state index in [0.29, 0.717) is 12.2 Å². The van der Waals surface area contributed by atoms with Crippen LogP contribution in [0.2, 0.25) is 0 Å². The van der Waals surface area contributed by atoms with E-state index in [1.54, 1.807) is 12.1 Å². The molecule has 2 aromatic rings. The van der Waals surface area contributed by atoms with Crippen molar-refractivity contribution in [3.8, 4) is 5.75 Å². The first-order chi connectivity index (χ1) is 13.3. The summed E-state index contributed by atoms with van der Waals surface area (Å²) in [5.41, 5.74) is 2.73. The smallest absolute Gasteiger partial charge is 0.338 e. The van der Waals surface area contributed by atoms with E-state index in [2.05, 4.69) is 38.2 Å². The fourth-order valence-corrected chi connectivity index (χ4v) is 2.67. The van der Waals surface area contributed by atoms with E-state index in [1.165, 1.54) is 5.56 Å². The molecule has 0 bridgehead atoms. The number of benzene rings is 2. The highest BCUT2D eigenvalue weighted by molar-refractivity contribution is 5.91. The van der Waals surface area contributed by atoms with Gasteiger partial charge in [-0.1, -0.05) is 45.0 Å². The first-order valence-corrected chi connectivity index (χ1v) is 9.60. The normalized spacial score (nSPS) is 13.7. The second kappa shape index (κ2) is 8.46. The first kappa shape index (κ1) is 19.9. The van der Waals surface area contributed by atoms with Crippen molar-refractivity contribution in [2.24, 2.45) is 0 Å². The molecule has 28 heavy (non-hydrogen) atoms. The highest BCUT2D eigenvalue weighted by atomic mass is 16.5. The summed E-state index contributed by atoms with van der Waals surface area (Å²) in [7, 11) is 0. The van der Waals surface area contributed by atoms with Gasteiger partial charge in [-0.15, -0.1) is 0 Å². The van der Waals surface area contributed by atoms with Crippen molar-refractivity contribution in [3.05, 3.63) is 65.2 Å². The molecule has 5 nitrogen and oxygen atoms in total. The van der Waals surface area contributed by atoms with Gasteiger partial charge in [-0.25, -0.2) is 4.79 Å². The molecule has 148 valence electrons. The second-order valence-electron chi connectivity index (χ2n) is 8.18. The maximum absolute atomic E-state index is 12.0. The molecular formula is C23H27NO4. The van der Waals surface area contributed by atoms with Crippen molar-refractivity contribution < 1.29 is 19.1 Å². The highest BCUT2D eigenvalue weighted by Crippen LogP contribution is 2.24. The van der Waals surface area contributed by atoms with Crippen molar-refractivity contribution in [1.82, 2.24) is 5.32 Å². The molecule has 0 spiro atoms. The number of carbonyl (C=O) groups excluding carboxylic acids is 2. The van der Waals surface area contributed by atoms with Crippen LogP contribution in [-0.4, -0.2) is 24.5 Å². The van der Waals surface area contributed by atoms with Crippen LogP contribution in [0, 0.1) is 0 Å². The summed E-state index contributed by atoms with van der Waals surface area (Å²) in [6, 6.07) is 15.4. The second-order valence-corrected chi connectivity index (χ2v) is 8.18. The number of esters is 1. The third kappa shape index (κ3) is 5.84. The maximum atomic E-state index is 12.0. The Balaban J connectivity index is 1.47. The molecular weight excluding hydrogens is 354 g/mol. The molecule has 0 heterocycles. The quantitative estimate of drug-likeness (QED) is 0.737. The van der Waals surface area contributed by atoms with Gasteiger partial charge in [-0.3, -0.25) is 4.79 Å². The van der Waals surface area contributed by atoms with Crippen LogP contribution in [0.5, 0.6) is 5.75 Å². The lowest BCUT2D eigenvalue weighted by molar-refractivity contribution is -0.124. The Morgan fingerprint density at radius 3 is 2.21 bits per heavy atom. The molecule has 0 unspecified atom stereocenters. The van der Waals surface area contributed by atoms with E-state index >= 15 is 0 Å². The zero-order chi connectivity index (χ0) is 20.1. The lowest BCUT2D eigenvalue weighted by Crippen LogP contribution is -2.30. The Morgan fingerprint density at radius 2 is 1.64 bits per heavy atom. The van der Waals surface area contributed by atoms with Gasteiger partial charge in [0, 0.05) is 6.04 Å². The summed E-state index contributed by atoms with van der Waals surface area (Å²) in [4.78, 5) is 23.6. The van der Waals surface area contributed by atoms with Crippen molar-refractivity contribution in [2.45, 2.75) is 51.7 Å². The fraction of sp³-hybridized carbons (Fsp3) is 0.391. The van der Waals surface area contributed by atoms with E-state index in [9.17, 15) is 9.59 Å². The standard InChI is InChI=1S/C23H27NO4/c1-23(2,3)18-8-12-20(13-9-18)27-14-16-4-6-17(7-5-16)22(26)28-15-21(25)24-19-10-11-19/h4-9,12-13,19H,10-11,14-15H2,1-3H3,(H,24,25). The average molecular weight is 381 g/mol. The van der Waals surface area contributed by atoms with Gasteiger partial charge in [0.1, 0.15) is 12.4 Å². The molecule has 2 aromatic carbocycles. The van der Waals surface area contributed by atoms with E-state index in [0.717, 1.165) is 24.2 Å². The summed E-state index contributed by atoms with van der Waals surface area (Å²) < 4.78 is 10.9. The predicted octanol–water partition coefficient (Wildman–Crippen LogP) is 4.00. The monoisotopic (exact) mass is 381 g/mol. The highest BCUT2D eigenvalue weighted by Gasteiger charge is 2.23. The minimum atomic E-state index is -0.504. The molecule has 0 atom stereocenters. The molecule has 5 heteroatoms. The van der Waals surface area contributed by atoms with Gasteiger partial charge < -0.3 is 14.8 Å². The van der Waals surface area contributed by atoms with E-state index < -0.39 is 5.97 Å². The van der Waals surface area contributed by atoms with Crippen LogP contribution in [0.1, 0.15) is 55.1 Å². The topological polar surface area (TPSA) is 64.6 Å². The molecule has 1 amide bonds. The van der Waals surface area contributed by atoms with Crippen LogP contribution in [0.4, 0.5) is 0 Å². The third-order valence-corrected chi connectivity index (χ3v) is 4.59. The molecule has 1 N–H and O–H groups in total. The van der Waals surface area contributed by atoms with Crippen molar-refractivity contribution in [1.29, 1.82) is 0 Å². The van der Waals surface area contributed by atoms with Crippen LogP contribution in [0.15, 0.2) is 48.5 Å². The molecule has 3 rings (SSSR count). The SMILES string of the molecule is CC(C)(C)c1ccc(OCc2ccc(C(=O)OCC(=O)NC3CC3)cc2)cc1. The first-order valence-electron chi connectivity index (χ1n) is 9.60. The van der Waals surface area contributed by atoms with Crippen molar-refractivity contribution in [2.75, 3.05) is 6.61 Å². The number of nitrogens with one attached hydrogen (secondary N) is 1. The van der Waals surface area contributed by atoms with Crippen LogP contribution in [-0.2, 0) is 21.6 Å². The van der Waals surface area contributed by atoms with Gasteiger partial charge in [0.25, 0.3) is 5.91 Å². The number of ether oxygens (including phenoxy) is 2. The number of hydrogen-bond acceptors (Lipinski definition) is 4. The van der Waals surface area contributed by atoms with Crippen LogP contribution < -0.4 is 10.1 Å². The maximum Gasteiger partial charge on any atom is 0.338 e. The molecule has 1 fully saturated rings. The summed E-state index contributed by atoms with van der Waals surface area (Å²) in [6.07, 6.45) is 2.01. The molecule has 0 radical (unpaired) electrons. The zero-order valence-electron chi connectivity index (χ0n) is 16.7. The minimum absolute atomic E-state index is 0.113. The molecule has 0 aromatic heterocycles. The minimum Gasteiger partial charge on any atom is -0.489 e. The van der Waals surface area contributed by atoms with E-state index in [4.69, 9.17) is 9.47 Å². The van der Waals surface area contributed by atoms with Crippen molar-refractivity contribution in [3.63, 3.8) is 0 Å². The van der Waals surface area contributed by atoms with Crippen molar-refractivity contribution >= 4 is 11.9 Å². The van der Waals surface area contributed by atoms with Crippen LogP contribution in [0.25, 0.3) is 0 Å². The summed E-state index contributed by atoms with van der Waals surface area (Å²) in [6.45, 7) is 6.69. The predicted molar refractivity (Wildman–Crippen MR) is 107 cm³/mol. The molecule has 1 aliphatic rings. The van der Waals surface area contributed by atoms with Crippen LogP contribution >= 0.6 is 0 Å². The summed E-state index contributed by atoms with van der Waals surface area (Å²) >= 11 is 0. The Labute approximate surface area is 166 Å². The number of rotatable bonds is 7. The third-order valence-electron chi connectivity index (χ3n) is 4.59. The Hall–Kier alpha value is -2.82. The Morgan fingerprint density at radius 1 is 1.00 bits per heavy atom. The number of carbonyl (C=O) groups is 2. The van der Waals surface area contributed by atoms with Gasteiger partial charge in [-0.05, 0) is 53.6 Å². The summed E-state index contributed by atoms with van der Waals surface area (Å²) in [5.74, 6) is 0.0488. The molecule has 1 saturated carbocycles. The van der Waals surface area contributed by atoms with E-state index in [1.807, 2.05) is 24.3 Å². The van der Waals surface area contributed by atoms with Gasteiger partial charge in [0.2, 0.25) is 0 Å². The van der Waals surface area contributed by atoms with Gasteiger partial charge in [0.05, 0.1) is 5.56 Å². The van der Waals surface area contributed by atoms with Gasteiger partial charge in [-0.2, -0.15) is 0 Å². The zero-order valence-corrected chi connectivity index (χ0v) is 16.7. The van der Waals surface area contributed by atoms with Gasteiger partial charge >= 0.3 is 5.97 Å². The molecule has 0 aliphatic heterocycles. The lowest BCUT2D eigenvalue weighted by atomic mass is 9.87. The Bertz CT molecular complexity index is 815. The Kier molecular flexibility index (Phi) is 6.02. The average Bonchev–Trinajstić information content (AvgIpc) is 3.48. The lowest BCUT2D eigenvalue weighted by Gasteiger charge is -2.19. The van der Waals surface area contributed by atoms with E-state index in [-0.39, 0.29) is 24.0 Å². The number of amides is 1.